The molecule has 4 heterocycles. The Morgan fingerprint density at radius 3 is 2.73 bits per heavy atom. The number of carbonyl (C=O) groups is 3. The number of rotatable bonds is 3. The summed E-state index contributed by atoms with van der Waals surface area (Å²) in [5.41, 5.74) is 3.00. The predicted octanol–water partition coefficient (Wildman–Crippen LogP) is 6.50. The van der Waals surface area contributed by atoms with Gasteiger partial charge in [-0.25, -0.2) is 14.0 Å². The fourth-order valence-electron chi connectivity index (χ4n) is 5.16. The number of carbonyl (C=O) groups excluding carboxylic acids is 3. The Morgan fingerprint density at radius 1 is 1.15 bits per heavy atom. The minimum absolute atomic E-state index is 0.00731. The van der Waals surface area contributed by atoms with Crippen LogP contribution < -0.4 is 10.6 Å². The fourth-order valence-corrected chi connectivity index (χ4v) is 5.31. The number of hydrogen-bond donors (Lipinski definition) is 2. The molecule has 10 nitrogen and oxygen atoms in total. The van der Waals surface area contributed by atoms with Crippen LogP contribution in [0.5, 0.6) is 0 Å². The maximum atomic E-state index is 14.6. The smallest absolute Gasteiger partial charge is 0.411 e. The van der Waals surface area contributed by atoms with Crippen molar-refractivity contribution in [3.05, 3.63) is 70.9 Å². The summed E-state index contributed by atoms with van der Waals surface area (Å²) in [6.07, 6.45) is 3.14. The molecular formula is C29H29ClFN5O5. The first-order chi connectivity index (χ1) is 19.7. The molecular weight excluding hydrogens is 553 g/mol. The summed E-state index contributed by atoms with van der Waals surface area (Å²) in [7, 11) is 1.27. The first kappa shape index (κ1) is 28.3. The van der Waals surface area contributed by atoms with Crippen LogP contribution in [0.2, 0.25) is 5.02 Å². The summed E-state index contributed by atoms with van der Waals surface area (Å²) in [5, 5.41) is 5.51. The lowest BCUT2D eigenvalue weighted by atomic mass is 9.93. The van der Waals surface area contributed by atoms with Gasteiger partial charge in [0.1, 0.15) is 5.69 Å². The summed E-state index contributed by atoms with van der Waals surface area (Å²) in [6.45, 7) is 2.16. The quantitative estimate of drug-likeness (QED) is 0.362. The molecule has 2 N–H and O–H groups in total. The van der Waals surface area contributed by atoms with Gasteiger partial charge in [-0.1, -0.05) is 24.9 Å². The molecule has 2 bridgehead atoms. The lowest BCUT2D eigenvalue weighted by molar-refractivity contribution is -0.119. The van der Waals surface area contributed by atoms with Gasteiger partial charge < -0.3 is 19.7 Å². The van der Waals surface area contributed by atoms with Crippen LogP contribution in [0.4, 0.5) is 25.4 Å². The summed E-state index contributed by atoms with van der Waals surface area (Å²) < 4.78 is 24.9. The number of nitrogens with zero attached hydrogens (tertiary/aromatic N) is 3. The first-order valence-corrected chi connectivity index (χ1v) is 13.7. The zero-order valence-corrected chi connectivity index (χ0v) is 23.3. The maximum absolute atomic E-state index is 14.6. The van der Waals surface area contributed by atoms with E-state index in [1.54, 1.807) is 29.3 Å². The molecule has 0 spiro atoms. The molecule has 1 aromatic carbocycles. The minimum Gasteiger partial charge on any atom is -0.453 e. The van der Waals surface area contributed by atoms with E-state index in [9.17, 15) is 18.8 Å². The average molecular weight is 582 g/mol. The molecule has 0 radical (unpaired) electrons. The van der Waals surface area contributed by atoms with Crippen molar-refractivity contribution in [2.24, 2.45) is 5.92 Å². The van der Waals surface area contributed by atoms with E-state index in [2.05, 4.69) is 25.3 Å². The Kier molecular flexibility index (Phi) is 8.34. The van der Waals surface area contributed by atoms with E-state index in [0.717, 1.165) is 5.56 Å². The third kappa shape index (κ3) is 6.09. The van der Waals surface area contributed by atoms with Gasteiger partial charge in [-0.05, 0) is 54.8 Å². The molecule has 5 rings (SSSR count). The van der Waals surface area contributed by atoms with Crippen molar-refractivity contribution in [1.29, 1.82) is 0 Å². The minimum atomic E-state index is -0.847. The van der Waals surface area contributed by atoms with Gasteiger partial charge in [0.05, 0.1) is 29.6 Å². The Balaban J connectivity index is 1.47. The third-order valence-electron chi connectivity index (χ3n) is 7.38. The molecule has 41 heavy (non-hydrogen) atoms. The number of nitrogens with one attached hydrogen (secondary N) is 2. The molecule has 0 aliphatic carbocycles. The second-order valence-electron chi connectivity index (χ2n) is 10.0. The molecule has 3 amide bonds. The summed E-state index contributed by atoms with van der Waals surface area (Å²) in [4.78, 5) is 48.4. The van der Waals surface area contributed by atoms with Crippen molar-refractivity contribution < 1.29 is 28.2 Å². The van der Waals surface area contributed by atoms with E-state index < -0.39 is 24.1 Å². The molecule has 3 atom stereocenters. The van der Waals surface area contributed by atoms with Gasteiger partial charge in [-0.3, -0.25) is 20.1 Å². The van der Waals surface area contributed by atoms with Crippen LogP contribution in [-0.2, 0) is 14.3 Å². The van der Waals surface area contributed by atoms with Gasteiger partial charge in [0.15, 0.2) is 11.9 Å². The Hall–Kier alpha value is -4.25. The highest BCUT2D eigenvalue weighted by Crippen LogP contribution is 2.38. The Labute approximate surface area is 241 Å². The van der Waals surface area contributed by atoms with Gasteiger partial charge in [0.2, 0.25) is 5.91 Å². The van der Waals surface area contributed by atoms with Crippen LogP contribution in [0, 0.1) is 11.7 Å². The van der Waals surface area contributed by atoms with Crippen LogP contribution in [0.15, 0.2) is 48.8 Å². The number of anilines is 2. The Morgan fingerprint density at radius 2 is 1.95 bits per heavy atom. The Bertz CT molecular complexity index is 1490. The lowest BCUT2D eigenvalue weighted by Gasteiger charge is -2.37. The highest BCUT2D eigenvalue weighted by atomic mass is 35.5. The second kappa shape index (κ2) is 12.1. The van der Waals surface area contributed by atoms with Gasteiger partial charge in [-0.2, -0.15) is 0 Å². The number of fused-ring (bicyclic) bond motifs is 4. The number of methoxy groups -OCH3 is 1. The van der Waals surface area contributed by atoms with Gasteiger partial charge in [0.25, 0.3) is 0 Å². The summed E-state index contributed by atoms with van der Waals surface area (Å²) >= 11 is 5.92. The number of ether oxygens (including phenoxy) is 2. The van der Waals surface area contributed by atoms with Crippen LogP contribution in [-0.4, -0.2) is 46.6 Å². The lowest BCUT2D eigenvalue weighted by Crippen LogP contribution is -2.42. The summed E-state index contributed by atoms with van der Waals surface area (Å²) in [6, 6.07) is 9.82. The molecule has 0 unspecified atom stereocenters. The number of cyclic esters (lactones) is 1. The monoisotopic (exact) mass is 581 g/mol. The van der Waals surface area contributed by atoms with E-state index in [1.165, 1.54) is 19.4 Å². The second-order valence-corrected chi connectivity index (χ2v) is 10.4. The molecule has 2 aromatic heterocycles. The molecule has 1 fully saturated rings. The number of pyridine rings is 2. The highest BCUT2D eigenvalue weighted by Gasteiger charge is 2.36. The first-order valence-electron chi connectivity index (χ1n) is 13.3. The van der Waals surface area contributed by atoms with Gasteiger partial charge in [-0.15, -0.1) is 0 Å². The third-order valence-corrected chi connectivity index (χ3v) is 7.67. The molecule has 3 aromatic rings. The number of benzene rings is 1. The summed E-state index contributed by atoms with van der Waals surface area (Å²) in [5.74, 6) is -1.19. The van der Waals surface area contributed by atoms with Crippen molar-refractivity contribution >= 4 is 41.1 Å². The van der Waals surface area contributed by atoms with Crippen LogP contribution in [0.1, 0.15) is 56.0 Å². The van der Waals surface area contributed by atoms with Gasteiger partial charge >= 0.3 is 12.2 Å². The number of halogens is 2. The topological polar surface area (TPSA) is 123 Å². The molecule has 0 saturated carbocycles. The molecule has 2 aliphatic heterocycles. The SMILES string of the molecule is COC(=O)Nc1ccc2c(c1)NC(=O)[C@H](C)CCC[C@H](N1CC[C@H](c3nccc(Cl)c3F)OC1=O)c1ccnc-2c1. The maximum Gasteiger partial charge on any atom is 0.411 e. The van der Waals surface area contributed by atoms with Crippen LogP contribution in [0.25, 0.3) is 11.3 Å². The van der Waals surface area contributed by atoms with Crippen molar-refractivity contribution in [2.75, 3.05) is 24.3 Å². The van der Waals surface area contributed by atoms with Crippen molar-refractivity contribution in [1.82, 2.24) is 14.9 Å². The van der Waals surface area contributed by atoms with Crippen LogP contribution in [0.3, 0.4) is 0 Å². The van der Waals surface area contributed by atoms with E-state index in [-0.39, 0.29) is 28.6 Å². The van der Waals surface area contributed by atoms with Crippen molar-refractivity contribution in [3.63, 3.8) is 0 Å². The van der Waals surface area contributed by atoms with Crippen molar-refractivity contribution in [3.8, 4) is 11.3 Å². The molecule has 1 saturated heterocycles. The number of aromatic nitrogens is 2. The molecule has 2 aliphatic rings. The van der Waals surface area contributed by atoms with Crippen LogP contribution >= 0.6 is 11.6 Å². The zero-order valence-electron chi connectivity index (χ0n) is 22.5. The normalized spacial score (nSPS) is 21.0. The average Bonchev–Trinajstić information content (AvgIpc) is 2.96. The van der Waals surface area contributed by atoms with Gasteiger partial charge in [0, 0.05) is 42.5 Å². The largest absolute Gasteiger partial charge is 0.453 e. The van der Waals surface area contributed by atoms with E-state index in [4.69, 9.17) is 16.3 Å². The fraction of sp³-hybridized carbons (Fsp3) is 0.345. The van der Waals surface area contributed by atoms with E-state index in [0.29, 0.717) is 54.9 Å². The predicted molar refractivity (Wildman–Crippen MR) is 150 cm³/mol. The molecule has 214 valence electrons. The standard InChI is InChI=1S/C29H29ClFN5O5/c1-16-4-3-5-23(36-13-10-24(41-29(36)39)26-25(31)20(30)9-12-33-26)17-8-11-32-21(14-17)19-7-6-18(34-28(38)40-2)15-22(19)35-27(16)37/h6-9,11-12,14-16,23-24H,3-5,10,13H2,1-2H3,(H,34,38)(H,35,37)/t16-,23+,24-/m1/s1. The number of hydrogen-bond acceptors (Lipinski definition) is 7. The van der Waals surface area contributed by atoms with E-state index in [1.807, 2.05) is 19.1 Å². The zero-order chi connectivity index (χ0) is 29.1. The molecule has 12 heteroatoms. The van der Waals surface area contributed by atoms with Crippen molar-refractivity contribution in [2.45, 2.75) is 44.8 Å². The van der Waals surface area contributed by atoms with E-state index >= 15 is 0 Å². The number of amides is 3. The highest BCUT2D eigenvalue weighted by molar-refractivity contribution is 6.30.